The highest BCUT2D eigenvalue weighted by Crippen LogP contribution is 2.37. The van der Waals surface area contributed by atoms with E-state index in [0.717, 1.165) is 6.42 Å². The van der Waals surface area contributed by atoms with Crippen LogP contribution in [0.2, 0.25) is 0 Å². The second kappa shape index (κ2) is 5.31. The summed E-state index contributed by atoms with van der Waals surface area (Å²) in [6, 6.07) is 10.5. The van der Waals surface area contributed by atoms with Gasteiger partial charge in [-0.2, -0.15) is 0 Å². The molecule has 16 heavy (non-hydrogen) atoms. The van der Waals surface area contributed by atoms with E-state index >= 15 is 0 Å². The highest BCUT2D eigenvalue weighted by atomic mass is 16.3. The summed E-state index contributed by atoms with van der Waals surface area (Å²) in [7, 11) is 0. The van der Waals surface area contributed by atoms with Gasteiger partial charge in [-0.1, -0.05) is 62.2 Å². The van der Waals surface area contributed by atoms with Crippen molar-refractivity contribution in [2.24, 2.45) is 5.92 Å². The van der Waals surface area contributed by atoms with Gasteiger partial charge in [0.1, 0.15) is 0 Å². The van der Waals surface area contributed by atoms with Crippen LogP contribution in [-0.4, -0.2) is 11.2 Å². The van der Waals surface area contributed by atoms with Crippen LogP contribution in [0.5, 0.6) is 0 Å². The van der Waals surface area contributed by atoms with Crippen LogP contribution < -0.4 is 0 Å². The SMILES string of the molecule is CCCC[C@@H]1[C@@H](O)C=C[C@H]1c1ccccc1. The van der Waals surface area contributed by atoms with Crippen molar-refractivity contribution in [3.8, 4) is 0 Å². The van der Waals surface area contributed by atoms with Gasteiger partial charge in [-0.05, 0) is 17.9 Å². The zero-order chi connectivity index (χ0) is 11.4. The molecule has 1 aliphatic rings. The van der Waals surface area contributed by atoms with E-state index in [0.29, 0.717) is 11.8 Å². The summed E-state index contributed by atoms with van der Waals surface area (Å²) in [6.45, 7) is 2.20. The standard InChI is InChI=1S/C15H20O/c1-2-3-9-14-13(10-11-15(14)16)12-7-5-4-6-8-12/h4-8,10-11,13-16H,2-3,9H2,1H3/t13-,14-,15-/m0/s1. The highest BCUT2D eigenvalue weighted by Gasteiger charge is 2.30. The van der Waals surface area contributed by atoms with Gasteiger partial charge in [-0.15, -0.1) is 0 Å². The van der Waals surface area contributed by atoms with Gasteiger partial charge in [0.15, 0.2) is 0 Å². The van der Waals surface area contributed by atoms with E-state index in [2.05, 4.69) is 37.3 Å². The molecule has 1 N–H and O–H groups in total. The molecule has 3 atom stereocenters. The zero-order valence-corrected chi connectivity index (χ0v) is 9.84. The van der Waals surface area contributed by atoms with Gasteiger partial charge in [0.2, 0.25) is 0 Å². The molecule has 2 rings (SSSR count). The molecule has 1 nitrogen and oxygen atoms in total. The third kappa shape index (κ3) is 2.35. The number of benzene rings is 1. The predicted octanol–water partition coefficient (Wildman–Crippen LogP) is 3.51. The lowest BCUT2D eigenvalue weighted by Gasteiger charge is -2.22. The van der Waals surface area contributed by atoms with Crippen molar-refractivity contribution in [1.29, 1.82) is 0 Å². The van der Waals surface area contributed by atoms with Gasteiger partial charge in [-0.3, -0.25) is 0 Å². The minimum atomic E-state index is -0.253. The Morgan fingerprint density at radius 1 is 1.12 bits per heavy atom. The van der Waals surface area contributed by atoms with E-state index in [1.54, 1.807) is 0 Å². The Bertz CT molecular complexity index is 342. The molecule has 0 fully saturated rings. The summed E-state index contributed by atoms with van der Waals surface area (Å²) in [4.78, 5) is 0. The van der Waals surface area contributed by atoms with Crippen molar-refractivity contribution in [2.45, 2.75) is 38.2 Å². The van der Waals surface area contributed by atoms with Gasteiger partial charge in [0.05, 0.1) is 6.10 Å². The fraction of sp³-hybridized carbons (Fsp3) is 0.467. The smallest absolute Gasteiger partial charge is 0.0758 e. The van der Waals surface area contributed by atoms with Crippen molar-refractivity contribution >= 4 is 0 Å². The topological polar surface area (TPSA) is 20.2 Å². The predicted molar refractivity (Wildman–Crippen MR) is 67.3 cm³/mol. The molecule has 1 aliphatic carbocycles. The van der Waals surface area contributed by atoms with E-state index in [4.69, 9.17) is 0 Å². The third-order valence-corrected chi connectivity index (χ3v) is 3.49. The number of rotatable bonds is 4. The molecule has 0 saturated heterocycles. The fourth-order valence-electron chi connectivity index (χ4n) is 2.56. The fourth-order valence-corrected chi connectivity index (χ4v) is 2.56. The first-order chi connectivity index (χ1) is 7.83. The minimum absolute atomic E-state index is 0.253. The Hall–Kier alpha value is -1.08. The van der Waals surface area contributed by atoms with Crippen molar-refractivity contribution in [3.05, 3.63) is 48.0 Å². The first-order valence-electron chi connectivity index (χ1n) is 6.24. The van der Waals surface area contributed by atoms with Gasteiger partial charge in [0, 0.05) is 5.92 Å². The molecule has 0 radical (unpaired) electrons. The van der Waals surface area contributed by atoms with E-state index < -0.39 is 0 Å². The van der Waals surface area contributed by atoms with Crippen LogP contribution in [0, 0.1) is 5.92 Å². The number of hydrogen-bond acceptors (Lipinski definition) is 1. The Labute approximate surface area is 97.8 Å². The van der Waals surface area contributed by atoms with Crippen molar-refractivity contribution in [3.63, 3.8) is 0 Å². The molecular weight excluding hydrogens is 196 g/mol. The second-order valence-electron chi connectivity index (χ2n) is 4.62. The second-order valence-corrected chi connectivity index (χ2v) is 4.62. The van der Waals surface area contributed by atoms with Crippen LogP contribution in [0.1, 0.15) is 37.7 Å². The average molecular weight is 216 g/mol. The molecule has 0 heterocycles. The van der Waals surface area contributed by atoms with E-state index in [1.807, 2.05) is 12.1 Å². The third-order valence-electron chi connectivity index (χ3n) is 3.49. The van der Waals surface area contributed by atoms with Gasteiger partial charge >= 0.3 is 0 Å². The molecule has 1 heteroatoms. The van der Waals surface area contributed by atoms with Crippen molar-refractivity contribution < 1.29 is 5.11 Å². The highest BCUT2D eigenvalue weighted by molar-refractivity contribution is 5.29. The maximum absolute atomic E-state index is 9.96. The number of allylic oxidation sites excluding steroid dienone is 1. The van der Waals surface area contributed by atoms with Crippen LogP contribution in [0.15, 0.2) is 42.5 Å². The van der Waals surface area contributed by atoms with Crippen molar-refractivity contribution in [2.75, 3.05) is 0 Å². The summed E-state index contributed by atoms with van der Waals surface area (Å²) in [5, 5.41) is 9.96. The molecule has 0 amide bonds. The van der Waals surface area contributed by atoms with E-state index in [-0.39, 0.29) is 6.10 Å². The summed E-state index contributed by atoms with van der Waals surface area (Å²) in [5.41, 5.74) is 1.33. The molecule has 1 aromatic rings. The van der Waals surface area contributed by atoms with Crippen LogP contribution in [0.4, 0.5) is 0 Å². The average Bonchev–Trinajstić information content (AvgIpc) is 2.69. The lowest BCUT2D eigenvalue weighted by atomic mass is 9.84. The summed E-state index contributed by atoms with van der Waals surface area (Å²) < 4.78 is 0. The number of aliphatic hydroxyl groups excluding tert-OH is 1. The van der Waals surface area contributed by atoms with Crippen LogP contribution in [0.25, 0.3) is 0 Å². The van der Waals surface area contributed by atoms with Crippen LogP contribution in [0.3, 0.4) is 0 Å². The van der Waals surface area contributed by atoms with Crippen LogP contribution in [-0.2, 0) is 0 Å². The first kappa shape index (κ1) is 11.4. The van der Waals surface area contributed by atoms with Crippen molar-refractivity contribution in [1.82, 2.24) is 0 Å². The Balaban J connectivity index is 2.11. The molecule has 1 aromatic carbocycles. The molecular formula is C15H20O. The number of unbranched alkanes of at least 4 members (excludes halogenated alkanes) is 1. The molecule has 0 unspecified atom stereocenters. The Morgan fingerprint density at radius 2 is 1.88 bits per heavy atom. The molecule has 0 aliphatic heterocycles. The summed E-state index contributed by atoms with van der Waals surface area (Å²) in [5.74, 6) is 0.782. The Kier molecular flexibility index (Phi) is 3.79. The lowest BCUT2D eigenvalue weighted by Crippen LogP contribution is -2.18. The Morgan fingerprint density at radius 3 is 2.56 bits per heavy atom. The summed E-state index contributed by atoms with van der Waals surface area (Å²) >= 11 is 0. The van der Waals surface area contributed by atoms with E-state index in [9.17, 15) is 5.11 Å². The largest absolute Gasteiger partial charge is 0.389 e. The molecule has 86 valence electrons. The first-order valence-corrected chi connectivity index (χ1v) is 6.24. The lowest BCUT2D eigenvalue weighted by molar-refractivity contribution is 0.148. The van der Waals surface area contributed by atoms with Gasteiger partial charge in [-0.25, -0.2) is 0 Å². The molecule has 0 spiro atoms. The molecule has 0 saturated carbocycles. The molecule has 0 bridgehead atoms. The summed E-state index contributed by atoms with van der Waals surface area (Å²) in [6.07, 6.45) is 7.39. The quantitative estimate of drug-likeness (QED) is 0.764. The van der Waals surface area contributed by atoms with Gasteiger partial charge in [0.25, 0.3) is 0 Å². The zero-order valence-electron chi connectivity index (χ0n) is 9.84. The maximum Gasteiger partial charge on any atom is 0.0758 e. The number of aliphatic hydroxyl groups is 1. The maximum atomic E-state index is 9.96. The number of hydrogen-bond donors (Lipinski definition) is 1. The van der Waals surface area contributed by atoms with Gasteiger partial charge < -0.3 is 5.11 Å². The van der Waals surface area contributed by atoms with E-state index in [1.165, 1.54) is 18.4 Å². The monoisotopic (exact) mass is 216 g/mol. The normalized spacial score (nSPS) is 28.5. The molecule has 0 aromatic heterocycles. The minimum Gasteiger partial charge on any atom is -0.389 e. The van der Waals surface area contributed by atoms with Crippen LogP contribution >= 0.6 is 0 Å².